The second-order valence-corrected chi connectivity index (χ2v) is 5.06. The molecule has 0 aromatic heterocycles. The normalized spacial score (nSPS) is 11.2. The Bertz CT molecular complexity index is 486. The minimum absolute atomic E-state index is 0.321. The van der Waals surface area contributed by atoms with Gasteiger partial charge < -0.3 is 14.7 Å². The fourth-order valence-electron chi connectivity index (χ4n) is 1.87. The molecule has 1 aromatic rings. The van der Waals surface area contributed by atoms with E-state index in [2.05, 4.69) is 18.7 Å². The van der Waals surface area contributed by atoms with E-state index in [4.69, 9.17) is 21.4 Å². The molecular formula is C15H20ClNO3. The van der Waals surface area contributed by atoms with E-state index in [0.717, 1.165) is 18.3 Å². The molecule has 110 valence electrons. The highest BCUT2D eigenvalue weighted by Gasteiger charge is 2.11. The Morgan fingerprint density at radius 3 is 2.70 bits per heavy atom. The van der Waals surface area contributed by atoms with Crippen LogP contribution in [0.4, 0.5) is 5.69 Å². The van der Waals surface area contributed by atoms with Crippen molar-refractivity contribution in [3.05, 3.63) is 34.9 Å². The summed E-state index contributed by atoms with van der Waals surface area (Å²) in [5.74, 6) is -0.992. The summed E-state index contributed by atoms with van der Waals surface area (Å²) < 4.78 is 5.11. The summed E-state index contributed by atoms with van der Waals surface area (Å²) in [7, 11) is 1.67. The highest BCUT2D eigenvalue weighted by molar-refractivity contribution is 6.32. The van der Waals surface area contributed by atoms with E-state index in [1.54, 1.807) is 7.11 Å². The van der Waals surface area contributed by atoms with Crippen LogP contribution in [0.25, 0.3) is 6.08 Å². The number of halogens is 1. The number of hydrogen-bond acceptors (Lipinski definition) is 3. The van der Waals surface area contributed by atoms with Crippen LogP contribution < -0.4 is 4.90 Å². The van der Waals surface area contributed by atoms with Gasteiger partial charge in [0, 0.05) is 36.5 Å². The maximum absolute atomic E-state index is 10.5. The van der Waals surface area contributed by atoms with Crippen molar-refractivity contribution in [2.45, 2.75) is 19.9 Å². The number of hydrogen-bond donors (Lipinski definition) is 1. The summed E-state index contributed by atoms with van der Waals surface area (Å²) in [6, 6.07) is 5.92. The summed E-state index contributed by atoms with van der Waals surface area (Å²) >= 11 is 6.19. The lowest BCUT2D eigenvalue weighted by atomic mass is 10.1. The average Bonchev–Trinajstić information content (AvgIpc) is 2.37. The minimum Gasteiger partial charge on any atom is -0.478 e. The Labute approximate surface area is 124 Å². The van der Waals surface area contributed by atoms with E-state index in [9.17, 15) is 4.79 Å². The average molecular weight is 298 g/mol. The first-order valence-electron chi connectivity index (χ1n) is 6.42. The Balaban J connectivity index is 2.96. The van der Waals surface area contributed by atoms with Crippen LogP contribution in [0.2, 0.25) is 5.02 Å². The third-order valence-electron chi connectivity index (χ3n) is 2.88. The minimum atomic E-state index is -0.992. The third kappa shape index (κ3) is 4.87. The van der Waals surface area contributed by atoms with Crippen molar-refractivity contribution < 1.29 is 14.6 Å². The van der Waals surface area contributed by atoms with Gasteiger partial charge in [-0.15, -0.1) is 0 Å². The molecule has 0 aliphatic rings. The van der Waals surface area contributed by atoms with Gasteiger partial charge in [0.1, 0.15) is 0 Å². The lowest BCUT2D eigenvalue weighted by Crippen LogP contribution is -2.33. The molecule has 0 spiro atoms. The van der Waals surface area contributed by atoms with Gasteiger partial charge in [0.05, 0.1) is 6.61 Å². The van der Waals surface area contributed by atoms with Crippen LogP contribution in [0.15, 0.2) is 24.3 Å². The summed E-state index contributed by atoms with van der Waals surface area (Å²) in [6.45, 7) is 5.61. The summed E-state index contributed by atoms with van der Waals surface area (Å²) in [4.78, 5) is 12.7. The highest BCUT2D eigenvalue weighted by Crippen LogP contribution is 2.26. The van der Waals surface area contributed by atoms with Crippen molar-refractivity contribution >= 4 is 29.3 Å². The first-order chi connectivity index (χ1) is 9.45. The third-order valence-corrected chi connectivity index (χ3v) is 3.21. The zero-order chi connectivity index (χ0) is 15.1. The maximum Gasteiger partial charge on any atom is 0.328 e. The van der Waals surface area contributed by atoms with Crippen molar-refractivity contribution in [1.29, 1.82) is 0 Å². The van der Waals surface area contributed by atoms with E-state index >= 15 is 0 Å². The summed E-state index contributed by atoms with van der Waals surface area (Å²) in [5.41, 5.74) is 1.68. The molecule has 0 aliphatic heterocycles. The van der Waals surface area contributed by atoms with Crippen LogP contribution >= 0.6 is 11.6 Å². The van der Waals surface area contributed by atoms with Crippen LogP contribution in [0.1, 0.15) is 19.4 Å². The number of carboxylic acid groups (broad SMARTS) is 1. The highest BCUT2D eigenvalue weighted by atomic mass is 35.5. The van der Waals surface area contributed by atoms with Gasteiger partial charge in [-0.3, -0.25) is 0 Å². The number of methoxy groups -OCH3 is 1. The molecule has 0 radical (unpaired) electrons. The van der Waals surface area contributed by atoms with Crippen molar-refractivity contribution in [3.63, 3.8) is 0 Å². The van der Waals surface area contributed by atoms with Gasteiger partial charge in [0.15, 0.2) is 0 Å². The molecule has 0 amide bonds. The zero-order valence-corrected chi connectivity index (χ0v) is 12.7. The smallest absolute Gasteiger partial charge is 0.328 e. The number of aliphatic carboxylic acids is 1. The summed E-state index contributed by atoms with van der Waals surface area (Å²) in [6.07, 6.45) is 2.56. The van der Waals surface area contributed by atoms with E-state index in [-0.39, 0.29) is 0 Å². The van der Waals surface area contributed by atoms with Crippen molar-refractivity contribution in [2.75, 3.05) is 25.2 Å². The van der Waals surface area contributed by atoms with Crippen molar-refractivity contribution in [3.8, 4) is 0 Å². The molecule has 1 rings (SSSR count). The topological polar surface area (TPSA) is 49.8 Å². The number of nitrogens with zero attached hydrogens (tertiary/aromatic N) is 1. The Morgan fingerprint density at radius 2 is 2.20 bits per heavy atom. The molecule has 0 saturated heterocycles. The molecule has 0 saturated carbocycles. The van der Waals surface area contributed by atoms with Crippen LogP contribution in [-0.4, -0.2) is 37.4 Å². The molecule has 0 bridgehead atoms. The van der Waals surface area contributed by atoms with E-state index in [1.807, 2.05) is 18.2 Å². The second-order valence-electron chi connectivity index (χ2n) is 4.66. The SMILES string of the molecule is COCCN(c1ccc(/C=C/C(=O)O)c(Cl)c1)C(C)C. The van der Waals surface area contributed by atoms with Crippen LogP contribution in [0.5, 0.6) is 0 Å². The number of carbonyl (C=O) groups is 1. The quantitative estimate of drug-likeness (QED) is 0.785. The van der Waals surface area contributed by atoms with Crippen molar-refractivity contribution in [2.24, 2.45) is 0 Å². The number of ether oxygens (including phenoxy) is 1. The fraction of sp³-hybridized carbons (Fsp3) is 0.400. The zero-order valence-electron chi connectivity index (χ0n) is 12.0. The first kappa shape index (κ1) is 16.5. The molecule has 1 N–H and O–H groups in total. The van der Waals surface area contributed by atoms with Gasteiger partial charge in [-0.05, 0) is 37.6 Å². The number of benzene rings is 1. The number of carboxylic acids is 1. The predicted molar refractivity (Wildman–Crippen MR) is 82.5 cm³/mol. The van der Waals surface area contributed by atoms with Gasteiger partial charge in [-0.25, -0.2) is 4.79 Å². The van der Waals surface area contributed by atoms with Gasteiger partial charge in [0.25, 0.3) is 0 Å². The van der Waals surface area contributed by atoms with Gasteiger partial charge in [-0.2, -0.15) is 0 Å². The number of anilines is 1. The Morgan fingerprint density at radius 1 is 1.50 bits per heavy atom. The Hall–Kier alpha value is -1.52. The predicted octanol–water partition coefficient (Wildman–Crippen LogP) is 3.30. The second kappa shape index (κ2) is 7.92. The molecule has 0 unspecified atom stereocenters. The lowest BCUT2D eigenvalue weighted by molar-refractivity contribution is -0.131. The first-order valence-corrected chi connectivity index (χ1v) is 6.79. The molecule has 0 heterocycles. The lowest BCUT2D eigenvalue weighted by Gasteiger charge is -2.29. The van der Waals surface area contributed by atoms with Crippen LogP contribution in [0.3, 0.4) is 0 Å². The largest absolute Gasteiger partial charge is 0.478 e. The van der Waals surface area contributed by atoms with E-state index < -0.39 is 5.97 Å². The van der Waals surface area contributed by atoms with E-state index in [0.29, 0.717) is 23.2 Å². The fourth-order valence-corrected chi connectivity index (χ4v) is 2.10. The van der Waals surface area contributed by atoms with Crippen LogP contribution in [-0.2, 0) is 9.53 Å². The molecule has 0 atom stereocenters. The number of rotatable bonds is 7. The molecule has 20 heavy (non-hydrogen) atoms. The monoisotopic (exact) mass is 297 g/mol. The van der Waals surface area contributed by atoms with Gasteiger partial charge in [-0.1, -0.05) is 17.7 Å². The van der Waals surface area contributed by atoms with Gasteiger partial charge in [0.2, 0.25) is 0 Å². The van der Waals surface area contributed by atoms with Crippen LogP contribution in [0, 0.1) is 0 Å². The molecule has 0 aliphatic carbocycles. The molecular weight excluding hydrogens is 278 g/mol. The van der Waals surface area contributed by atoms with Crippen molar-refractivity contribution in [1.82, 2.24) is 0 Å². The maximum atomic E-state index is 10.5. The van der Waals surface area contributed by atoms with E-state index in [1.165, 1.54) is 6.08 Å². The molecule has 1 aromatic carbocycles. The van der Waals surface area contributed by atoms with Gasteiger partial charge >= 0.3 is 5.97 Å². The Kier molecular flexibility index (Phi) is 6.55. The standard InChI is InChI=1S/C15H20ClNO3/c1-11(2)17(8-9-20-3)13-6-4-12(14(16)10-13)5-7-15(18)19/h4-7,10-11H,8-9H2,1-3H3,(H,18,19)/b7-5+. The molecule has 4 nitrogen and oxygen atoms in total. The summed E-state index contributed by atoms with van der Waals surface area (Å²) in [5, 5.41) is 9.16. The molecule has 0 fully saturated rings. The molecule has 5 heteroatoms.